The fourth-order valence-corrected chi connectivity index (χ4v) is 9.54. The number of nitrogens with zero attached hydrogens (tertiary/aromatic N) is 6. The van der Waals surface area contributed by atoms with E-state index in [1.54, 1.807) is 33.8 Å². The molecule has 0 saturated carbocycles. The van der Waals surface area contributed by atoms with Crippen molar-refractivity contribution in [2.24, 2.45) is 28.8 Å². The van der Waals surface area contributed by atoms with Gasteiger partial charge in [0.2, 0.25) is 5.95 Å². The summed E-state index contributed by atoms with van der Waals surface area (Å²) in [7, 11) is 2.78. The first-order chi connectivity index (χ1) is 34.4. The zero-order chi connectivity index (χ0) is 53.7. The number of fused-ring (bicyclic) bond motifs is 15. The number of carbonyl (C=O) groups excluding carboxylic acids is 3. The van der Waals surface area contributed by atoms with Crippen molar-refractivity contribution < 1.29 is 78.9 Å². The van der Waals surface area contributed by atoms with E-state index in [1.807, 2.05) is 0 Å². The number of hydrogen-bond acceptors (Lipinski definition) is 22. The van der Waals surface area contributed by atoms with Crippen LogP contribution in [-0.2, 0) is 28.5 Å². The highest BCUT2D eigenvalue weighted by atomic mass is 16.7. The van der Waals surface area contributed by atoms with Gasteiger partial charge in [-0.25, -0.2) is 20.0 Å². The number of allylic oxidation sites excluding steroid dienone is 2. The van der Waals surface area contributed by atoms with E-state index in [-0.39, 0.29) is 45.4 Å². The van der Waals surface area contributed by atoms with Crippen LogP contribution in [0.3, 0.4) is 0 Å². The average molecular weight is 1020 g/mol. The number of aliphatic hydroxyl groups is 5. The molecule has 4 aromatic rings. The number of imidazole rings is 1. The molecule has 24 nitrogen and oxygen atoms in total. The van der Waals surface area contributed by atoms with Gasteiger partial charge in [-0.1, -0.05) is 45.9 Å². The van der Waals surface area contributed by atoms with Crippen molar-refractivity contribution >= 4 is 63.3 Å². The summed E-state index contributed by atoms with van der Waals surface area (Å²) in [4.78, 5) is 54.0. The number of aromatic nitrogens is 4. The van der Waals surface area contributed by atoms with Gasteiger partial charge >= 0.3 is 11.8 Å². The summed E-state index contributed by atoms with van der Waals surface area (Å²) in [5, 5.41) is 98.4. The molecule has 394 valence electrons. The molecule has 5 bridgehead atoms. The highest BCUT2D eigenvalue weighted by Gasteiger charge is 2.50. The third-order valence-electron chi connectivity index (χ3n) is 13.9. The lowest BCUT2D eigenvalue weighted by molar-refractivity contribution is -0.160. The fraction of sp³-hybridized carbons (Fsp3) is 0.490. The second-order valence-corrected chi connectivity index (χ2v) is 18.8. The zero-order valence-corrected chi connectivity index (χ0v) is 41.8. The van der Waals surface area contributed by atoms with Crippen LogP contribution in [0.15, 0.2) is 47.6 Å². The molecule has 2 aromatic carbocycles. The molecule has 13 atom stereocenters. The molecule has 4 aliphatic heterocycles. The van der Waals surface area contributed by atoms with Crippen molar-refractivity contribution in [3.05, 3.63) is 59.2 Å². The number of nitrogen functional groups attached to an aromatic ring is 1. The topological polar surface area (TPSA) is 356 Å². The number of hydrazone groups is 1. The van der Waals surface area contributed by atoms with Crippen LogP contribution in [0.1, 0.15) is 76.2 Å². The number of phenolic OH excluding ortho intramolecular Hbond substituents is 3. The molecule has 6 heterocycles. The number of hydrogen-bond donors (Lipinski definition) is 10. The molecule has 1 amide bonds. The van der Waals surface area contributed by atoms with Gasteiger partial charge < -0.3 is 75.6 Å². The van der Waals surface area contributed by atoms with E-state index < -0.39 is 142 Å². The predicted molar refractivity (Wildman–Crippen MR) is 263 cm³/mol. The summed E-state index contributed by atoms with van der Waals surface area (Å²) >= 11 is 0. The number of carbonyl (C=O) groups is 3. The Bertz CT molecular complexity index is 2940. The van der Waals surface area contributed by atoms with Gasteiger partial charge in [0, 0.05) is 68.2 Å². The number of rotatable bonds is 7. The number of nitrogens with two attached hydrogens (primary N) is 1. The lowest BCUT2D eigenvalue weighted by atomic mass is 9.78. The molecule has 73 heavy (non-hydrogen) atoms. The minimum absolute atomic E-state index is 0.0278. The smallest absolute Gasteiger partial charge is 0.312 e. The predicted octanol–water partition coefficient (Wildman–Crippen LogP) is 2.56. The average Bonchev–Trinajstić information content (AvgIpc) is 3.98. The number of ketones is 1. The molecule has 0 spiro atoms. The molecular formula is C49H62N8O16. The molecule has 13 unspecified atom stereocenters. The number of aliphatic hydroxyl groups excluding tert-OH is 5. The van der Waals surface area contributed by atoms with Crippen LogP contribution in [0.4, 0.5) is 17.5 Å². The third-order valence-corrected chi connectivity index (χ3v) is 13.9. The molecule has 2 aromatic heterocycles. The summed E-state index contributed by atoms with van der Waals surface area (Å²) < 4.78 is 30.8. The van der Waals surface area contributed by atoms with Crippen molar-refractivity contribution in [2.75, 3.05) is 36.8 Å². The first-order valence-corrected chi connectivity index (χ1v) is 23.4. The maximum Gasteiger partial charge on any atom is 0.312 e. The summed E-state index contributed by atoms with van der Waals surface area (Å²) in [5.41, 5.74) is 4.99. The first kappa shape index (κ1) is 53.9. The van der Waals surface area contributed by atoms with Crippen LogP contribution >= 0.6 is 0 Å². The standard InChI is InChI=1S/C49H62N8O16/c1-19-12-11-13-20(2)46(68)54-32-26(16-53-56(9)48-55-33-44(50)51-18-52-45(33)57(48)47-40(66)38(64)28(17-58)72-47)37(63)29-30(39(32)65)36(62)24(6)42-31(29)43(67)49(8,73-42)70-15-14-27(69-10)21(3)41(71-25(7)59)23(5)35(61)22(4)34(19)60/h11-16,18-19,21-23,27-28,34-35,38,40-41,47,58,60-66H,17H2,1-10H3,(H,54,68)(H2,50,51,52). The highest BCUT2D eigenvalue weighted by Crippen LogP contribution is 2.55. The number of phenols is 3. The van der Waals surface area contributed by atoms with E-state index in [1.165, 1.54) is 64.6 Å². The normalized spacial score (nSPS) is 30.3. The van der Waals surface area contributed by atoms with Gasteiger partial charge in [0.25, 0.3) is 11.7 Å². The Balaban J connectivity index is 1.41. The Hall–Kier alpha value is -6.93. The monoisotopic (exact) mass is 1020 g/mol. The van der Waals surface area contributed by atoms with E-state index in [0.717, 1.165) is 23.8 Å². The number of benzene rings is 2. The molecule has 8 rings (SSSR count). The Kier molecular flexibility index (Phi) is 15.4. The first-order valence-electron chi connectivity index (χ1n) is 23.4. The zero-order valence-electron chi connectivity index (χ0n) is 41.8. The third kappa shape index (κ3) is 9.62. The van der Waals surface area contributed by atoms with Gasteiger partial charge in [0.1, 0.15) is 48.0 Å². The molecule has 0 radical (unpaired) electrons. The van der Waals surface area contributed by atoms with E-state index >= 15 is 0 Å². The van der Waals surface area contributed by atoms with Crippen molar-refractivity contribution in [1.82, 2.24) is 19.5 Å². The number of Topliss-reactive ketones (excluding diaryl/α,β-unsaturated/α-hetero) is 1. The number of methoxy groups -OCH3 is 1. The molecule has 24 heteroatoms. The number of nitrogens with one attached hydrogen (secondary N) is 1. The Morgan fingerprint density at radius 3 is 2.32 bits per heavy atom. The summed E-state index contributed by atoms with van der Waals surface area (Å²) in [6, 6.07) is 0. The molecule has 11 N–H and O–H groups in total. The summed E-state index contributed by atoms with van der Waals surface area (Å²) in [6.45, 7) is 11.5. The Labute approximate surface area is 418 Å². The Morgan fingerprint density at radius 1 is 0.973 bits per heavy atom. The minimum atomic E-state index is -2.18. The maximum absolute atomic E-state index is 14.7. The Morgan fingerprint density at radius 2 is 1.67 bits per heavy atom. The summed E-state index contributed by atoms with van der Waals surface area (Å²) in [6.07, 6.45) is -0.703. The van der Waals surface area contributed by atoms with Crippen LogP contribution in [0.2, 0.25) is 0 Å². The van der Waals surface area contributed by atoms with Gasteiger partial charge in [-0.05, 0) is 19.9 Å². The minimum Gasteiger partial charge on any atom is -0.507 e. The number of esters is 1. The molecular weight excluding hydrogens is 957 g/mol. The van der Waals surface area contributed by atoms with Gasteiger partial charge in [-0.15, -0.1) is 0 Å². The molecule has 1 saturated heterocycles. The lowest BCUT2D eigenvalue weighted by Gasteiger charge is -2.38. The van der Waals surface area contributed by atoms with Crippen LogP contribution in [-0.4, -0.2) is 154 Å². The van der Waals surface area contributed by atoms with Gasteiger partial charge in [0.05, 0.1) is 59.6 Å². The SMILES string of the molecule is COC1C=COC2(C)Oc3c(C)c(O)c4c(O)c(c(C=NN(C)c5nc6c(N)ncnc6n5C5OC(CO)C(O)C5O)c(O)c4c3C2=O)NC(=O)C(C)=CC=CC(C)C(O)C(C)C(O)C(C)C(OC(C)=O)C1C. The number of aromatic hydroxyl groups is 3. The van der Waals surface area contributed by atoms with Crippen molar-refractivity contribution in [3.8, 4) is 23.0 Å². The van der Waals surface area contributed by atoms with E-state index in [0.29, 0.717) is 0 Å². The van der Waals surface area contributed by atoms with Crippen LogP contribution in [0, 0.1) is 30.6 Å². The van der Waals surface area contributed by atoms with Crippen LogP contribution in [0.25, 0.3) is 21.9 Å². The fourth-order valence-electron chi connectivity index (χ4n) is 9.54. The maximum atomic E-state index is 14.7. The second kappa shape index (κ2) is 20.9. The van der Waals surface area contributed by atoms with E-state index in [2.05, 4.69) is 25.4 Å². The van der Waals surface area contributed by atoms with Crippen molar-refractivity contribution in [3.63, 3.8) is 0 Å². The van der Waals surface area contributed by atoms with Crippen LogP contribution < -0.4 is 20.8 Å². The van der Waals surface area contributed by atoms with Crippen molar-refractivity contribution in [1.29, 1.82) is 0 Å². The van der Waals surface area contributed by atoms with E-state index in [4.69, 9.17) is 29.4 Å². The number of ether oxygens (including phenoxy) is 5. The van der Waals surface area contributed by atoms with Crippen LogP contribution in [0.5, 0.6) is 23.0 Å². The number of anilines is 3. The number of amides is 1. The molecule has 1 fully saturated rings. The van der Waals surface area contributed by atoms with Gasteiger partial charge in [-0.2, -0.15) is 5.10 Å². The van der Waals surface area contributed by atoms with Gasteiger partial charge in [0.15, 0.2) is 29.0 Å². The summed E-state index contributed by atoms with van der Waals surface area (Å²) in [5.74, 6) is -9.96. The quantitative estimate of drug-likeness (QED) is 0.0418. The highest BCUT2D eigenvalue weighted by molar-refractivity contribution is 6.24. The second-order valence-electron chi connectivity index (χ2n) is 18.8. The lowest BCUT2D eigenvalue weighted by Crippen LogP contribution is -2.46. The molecule has 4 aliphatic rings. The largest absolute Gasteiger partial charge is 0.507 e. The van der Waals surface area contributed by atoms with Gasteiger partial charge in [-0.3, -0.25) is 19.0 Å². The van der Waals surface area contributed by atoms with E-state index in [9.17, 15) is 55.2 Å². The van der Waals surface area contributed by atoms with Crippen molar-refractivity contribution in [2.45, 2.75) is 110 Å². The molecule has 0 aliphatic carbocycles.